The molecule has 0 aliphatic carbocycles. The Balaban J connectivity index is 1.71. The van der Waals surface area contributed by atoms with E-state index in [1.54, 1.807) is 30.2 Å². The molecule has 1 aliphatic heterocycles. The smallest absolute Gasteiger partial charge is 0.242 e. The van der Waals surface area contributed by atoms with Crippen molar-refractivity contribution in [2.45, 2.75) is 31.1 Å². The Bertz CT molecular complexity index is 999. The van der Waals surface area contributed by atoms with Crippen molar-refractivity contribution in [1.29, 1.82) is 0 Å². The maximum absolute atomic E-state index is 12.8. The number of ether oxygens (including phenoxy) is 1. The molecule has 1 aliphatic rings. The van der Waals surface area contributed by atoms with Crippen LogP contribution in [0.25, 0.3) is 0 Å². The van der Waals surface area contributed by atoms with E-state index >= 15 is 0 Å². The van der Waals surface area contributed by atoms with Crippen molar-refractivity contribution in [3.8, 4) is 5.75 Å². The molecule has 28 heavy (non-hydrogen) atoms. The third kappa shape index (κ3) is 3.91. The van der Waals surface area contributed by atoms with E-state index < -0.39 is 10.0 Å². The van der Waals surface area contributed by atoms with Gasteiger partial charge in [-0.25, -0.2) is 12.7 Å². The Morgan fingerprint density at radius 2 is 1.93 bits per heavy atom. The van der Waals surface area contributed by atoms with Gasteiger partial charge in [0.25, 0.3) is 0 Å². The van der Waals surface area contributed by atoms with E-state index in [4.69, 9.17) is 4.74 Å². The fraction of sp³-hybridized carbons (Fsp3) is 0.381. The Hall–Kier alpha value is -2.38. The van der Waals surface area contributed by atoms with E-state index in [0.717, 1.165) is 28.1 Å². The summed E-state index contributed by atoms with van der Waals surface area (Å²) in [6.45, 7) is 2.57. The van der Waals surface area contributed by atoms with Crippen LogP contribution in [0.2, 0.25) is 0 Å². The lowest BCUT2D eigenvalue weighted by Crippen LogP contribution is -2.29. The highest BCUT2D eigenvalue weighted by Crippen LogP contribution is 2.31. The van der Waals surface area contributed by atoms with E-state index in [2.05, 4.69) is 0 Å². The molecule has 0 saturated heterocycles. The average Bonchev–Trinajstić information content (AvgIpc) is 3.09. The van der Waals surface area contributed by atoms with Gasteiger partial charge in [-0.15, -0.1) is 0 Å². The summed E-state index contributed by atoms with van der Waals surface area (Å²) in [4.78, 5) is 14.8. The number of nitrogens with zero attached hydrogens (tertiary/aromatic N) is 2. The van der Waals surface area contributed by atoms with Crippen molar-refractivity contribution in [2.24, 2.45) is 0 Å². The first kappa shape index (κ1) is 20.4. The summed E-state index contributed by atoms with van der Waals surface area (Å²) in [7, 11) is 1.20. The Morgan fingerprint density at radius 3 is 2.57 bits per heavy atom. The first-order chi connectivity index (χ1) is 13.2. The SMILES string of the molecule is COc1ccc(CCC(=O)N2CCc3cc(S(=O)(=O)N(C)C)ccc32)cc1C. The molecule has 0 saturated carbocycles. The predicted octanol–water partition coefficient (Wildman–Crippen LogP) is 2.78. The molecule has 1 heterocycles. The van der Waals surface area contributed by atoms with Gasteiger partial charge in [-0.1, -0.05) is 12.1 Å². The molecule has 0 spiro atoms. The molecule has 0 unspecified atom stereocenters. The molecule has 0 atom stereocenters. The van der Waals surface area contributed by atoms with Gasteiger partial charge in [0.1, 0.15) is 5.75 Å². The largest absolute Gasteiger partial charge is 0.496 e. The van der Waals surface area contributed by atoms with Crippen molar-refractivity contribution in [2.75, 3.05) is 32.6 Å². The van der Waals surface area contributed by atoms with Crippen LogP contribution in [0.15, 0.2) is 41.3 Å². The number of hydrogen-bond donors (Lipinski definition) is 0. The minimum atomic E-state index is -3.47. The lowest BCUT2D eigenvalue weighted by atomic mass is 10.1. The number of amides is 1. The number of hydrogen-bond acceptors (Lipinski definition) is 4. The number of sulfonamides is 1. The van der Waals surface area contributed by atoms with E-state index in [1.165, 1.54) is 18.4 Å². The molecule has 0 radical (unpaired) electrons. The van der Waals surface area contributed by atoms with Crippen LogP contribution >= 0.6 is 0 Å². The van der Waals surface area contributed by atoms with E-state index in [-0.39, 0.29) is 10.8 Å². The van der Waals surface area contributed by atoms with Gasteiger partial charge in [0.2, 0.25) is 15.9 Å². The van der Waals surface area contributed by atoms with Crippen molar-refractivity contribution < 1.29 is 17.9 Å². The highest BCUT2D eigenvalue weighted by molar-refractivity contribution is 7.89. The fourth-order valence-corrected chi connectivity index (χ4v) is 4.44. The lowest BCUT2D eigenvalue weighted by molar-refractivity contribution is -0.118. The standard InChI is InChI=1S/C21H26N2O4S/c1-15-13-16(5-9-20(15)27-4)6-10-21(24)23-12-11-17-14-18(7-8-19(17)23)28(25,26)22(2)3/h5,7-9,13-14H,6,10-12H2,1-4H3. The second-order valence-electron chi connectivity index (χ2n) is 7.18. The number of anilines is 1. The van der Waals surface area contributed by atoms with Gasteiger partial charge >= 0.3 is 0 Å². The summed E-state index contributed by atoms with van der Waals surface area (Å²) in [5, 5.41) is 0. The first-order valence-electron chi connectivity index (χ1n) is 9.23. The van der Waals surface area contributed by atoms with Crippen molar-refractivity contribution in [1.82, 2.24) is 4.31 Å². The van der Waals surface area contributed by atoms with Gasteiger partial charge in [-0.2, -0.15) is 0 Å². The zero-order chi connectivity index (χ0) is 20.5. The molecule has 2 aromatic carbocycles. The van der Waals surface area contributed by atoms with Crippen molar-refractivity contribution in [3.05, 3.63) is 53.1 Å². The van der Waals surface area contributed by atoms with Crippen LogP contribution in [0, 0.1) is 6.92 Å². The topological polar surface area (TPSA) is 66.9 Å². The average molecular weight is 403 g/mol. The summed E-state index contributed by atoms with van der Waals surface area (Å²) < 4.78 is 31.1. The van der Waals surface area contributed by atoms with Crippen LogP contribution < -0.4 is 9.64 Å². The molecular weight excluding hydrogens is 376 g/mol. The molecule has 1 amide bonds. The molecule has 6 nitrogen and oxygen atoms in total. The fourth-order valence-electron chi connectivity index (χ4n) is 3.49. The number of rotatable bonds is 6. The predicted molar refractivity (Wildman–Crippen MR) is 109 cm³/mol. The summed E-state index contributed by atoms with van der Waals surface area (Å²) in [6, 6.07) is 11.0. The molecule has 0 aromatic heterocycles. The molecule has 0 fully saturated rings. The Morgan fingerprint density at radius 1 is 1.18 bits per heavy atom. The molecular formula is C21H26N2O4S. The third-order valence-electron chi connectivity index (χ3n) is 5.11. The van der Waals surface area contributed by atoms with Gasteiger partial charge in [-0.05, 0) is 60.7 Å². The number of carbonyl (C=O) groups excluding carboxylic acids is 1. The zero-order valence-corrected chi connectivity index (χ0v) is 17.5. The van der Waals surface area contributed by atoms with Gasteiger partial charge in [0.15, 0.2) is 0 Å². The number of methoxy groups -OCH3 is 1. The molecule has 2 aromatic rings. The monoisotopic (exact) mass is 402 g/mol. The Labute approximate surface area is 166 Å². The van der Waals surface area contributed by atoms with E-state index in [1.807, 2.05) is 25.1 Å². The summed E-state index contributed by atoms with van der Waals surface area (Å²) in [5.41, 5.74) is 3.86. The van der Waals surface area contributed by atoms with Crippen molar-refractivity contribution in [3.63, 3.8) is 0 Å². The highest BCUT2D eigenvalue weighted by atomic mass is 32.2. The van der Waals surface area contributed by atoms with Crippen LogP contribution in [0.1, 0.15) is 23.1 Å². The maximum Gasteiger partial charge on any atom is 0.242 e. The second-order valence-corrected chi connectivity index (χ2v) is 9.33. The minimum absolute atomic E-state index is 0.0513. The van der Waals surface area contributed by atoms with Gasteiger partial charge in [0, 0.05) is 32.7 Å². The number of fused-ring (bicyclic) bond motifs is 1. The van der Waals surface area contributed by atoms with Crippen molar-refractivity contribution >= 4 is 21.6 Å². The molecule has 0 bridgehead atoms. The Kier molecular flexibility index (Phi) is 5.76. The maximum atomic E-state index is 12.8. The third-order valence-corrected chi connectivity index (χ3v) is 6.92. The van der Waals surface area contributed by atoms with Crippen LogP contribution in [0.5, 0.6) is 5.75 Å². The van der Waals surface area contributed by atoms with E-state index in [9.17, 15) is 13.2 Å². The quantitative estimate of drug-likeness (QED) is 0.745. The van der Waals surface area contributed by atoms with Crippen LogP contribution in [-0.4, -0.2) is 46.4 Å². The molecule has 0 N–H and O–H groups in total. The normalized spacial score (nSPS) is 13.7. The summed E-state index contributed by atoms with van der Waals surface area (Å²) >= 11 is 0. The summed E-state index contributed by atoms with van der Waals surface area (Å²) in [5.74, 6) is 0.891. The minimum Gasteiger partial charge on any atom is -0.496 e. The van der Waals surface area contributed by atoms with Gasteiger partial charge in [-0.3, -0.25) is 4.79 Å². The molecule has 7 heteroatoms. The summed E-state index contributed by atoms with van der Waals surface area (Å²) in [6.07, 6.45) is 1.73. The first-order valence-corrected chi connectivity index (χ1v) is 10.7. The second kappa shape index (κ2) is 7.93. The van der Waals surface area contributed by atoms with Gasteiger partial charge in [0.05, 0.1) is 12.0 Å². The highest BCUT2D eigenvalue weighted by Gasteiger charge is 2.27. The lowest BCUT2D eigenvalue weighted by Gasteiger charge is -2.18. The molecule has 3 rings (SSSR count). The van der Waals surface area contributed by atoms with Crippen LogP contribution in [-0.2, 0) is 27.7 Å². The van der Waals surface area contributed by atoms with Crippen LogP contribution in [0.4, 0.5) is 5.69 Å². The number of carbonyl (C=O) groups is 1. The molecule has 150 valence electrons. The number of aryl methyl sites for hydroxylation is 2. The van der Waals surface area contributed by atoms with Crippen LogP contribution in [0.3, 0.4) is 0 Å². The van der Waals surface area contributed by atoms with Gasteiger partial charge < -0.3 is 9.64 Å². The number of benzene rings is 2. The van der Waals surface area contributed by atoms with E-state index in [0.29, 0.717) is 25.8 Å². The zero-order valence-electron chi connectivity index (χ0n) is 16.7.